The molecule has 0 aliphatic rings. The third kappa shape index (κ3) is 4.87. The lowest BCUT2D eigenvalue weighted by molar-refractivity contribution is -0.135. The number of carboxylic acid groups (broad SMARTS) is 1. The van der Waals surface area contributed by atoms with Gasteiger partial charge in [0.25, 0.3) is 0 Å². The molecule has 1 aromatic carbocycles. The Morgan fingerprint density at radius 2 is 1.76 bits per heavy atom. The Kier molecular flexibility index (Phi) is 4.97. The van der Waals surface area contributed by atoms with Crippen LogP contribution < -0.4 is 4.90 Å². The smallest absolute Gasteiger partial charge is 0.323 e. The van der Waals surface area contributed by atoms with Crippen molar-refractivity contribution in [1.29, 1.82) is 0 Å². The monoisotopic (exact) mass is 236 g/mol. The Morgan fingerprint density at radius 1 is 1.18 bits per heavy atom. The number of benzene rings is 1. The zero-order valence-electron chi connectivity index (χ0n) is 10.7. The molecule has 0 spiro atoms. The molecule has 0 atom stereocenters. The van der Waals surface area contributed by atoms with Gasteiger partial charge < -0.3 is 14.9 Å². The maximum Gasteiger partial charge on any atom is 0.323 e. The van der Waals surface area contributed by atoms with Crippen LogP contribution in [0.5, 0.6) is 0 Å². The molecule has 0 heterocycles. The second-order valence-corrected chi connectivity index (χ2v) is 4.45. The van der Waals surface area contributed by atoms with Gasteiger partial charge in [0.05, 0.1) is 0 Å². The molecule has 0 aliphatic heterocycles. The van der Waals surface area contributed by atoms with Crippen LogP contribution in [0.4, 0.5) is 5.69 Å². The summed E-state index contributed by atoms with van der Waals surface area (Å²) >= 11 is 0. The van der Waals surface area contributed by atoms with Crippen LogP contribution >= 0.6 is 0 Å². The number of carbonyl (C=O) groups is 1. The molecular weight excluding hydrogens is 216 g/mol. The first-order chi connectivity index (χ1) is 7.99. The number of hydrogen-bond acceptors (Lipinski definition) is 3. The van der Waals surface area contributed by atoms with E-state index in [4.69, 9.17) is 5.11 Å². The van der Waals surface area contributed by atoms with E-state index in [0.29, 0.717) is 6.54 Å². The topological polar surface area (TPSA) is 43.8 Å². The van der Waals surface area contributed by atoms with Crippen LogP contribution in [0.2, 0.25) is 0 Å². The molecule has 1 N–H and O–H groups in total. The molecule has 1 rings (SSSR count). The van der Waals surface area contributed by atoms with E-state index in [0.717, 1.165) is 12.2 Å². The van der Waals surface area contributed by atoms with Crippen molar-refractivity contribution in [3.8, 4) is 0 Å². The maximum atomic E-state index is 10.8. The van der Waals surface area contributed by atoms with Crippen LogP contribution in [0, 0.1) is 6.92 Å². The molecule has 1 aromatic rings. The molecule has 0 fully saturated rings. The lowest BCUT2D eigenvalue weighted by Crippen LogP contribution is -2.35. The van der Waals surface area contributed by atoms with Crippen molar-refractivity contribution < 1.29 is 9.90 Å². The highest BCUT2D eigenvalue weighted by atomic mass is 16.4. The van der Waals surface area contributed by atoms with Crippen molar-refractivity contribution >= 4 is 11.7 Å². The number of hydrogen-bond donors (Lipinski definition) is 1. The van der Waals surface area contributed by atoms with Crippen molar-refractivity contribution in [1.82, 2.24) is 4.90 Å². The fourth-order valence-electron chi connectivity index (χ4n) is 1.54. The number of carboxylic acids is 1. The van der Waals surface area contributed by atoms with E-state index < -0.39 is 5.97 Å². The standard InChI is InChI=1S/C13H20N2O2/c1-11-4-6-12(7-5-11)15(10-13(16)17)9-8-14(2)3/h4-7H,8-10H2,1-3H3,(H,16,17). The Morgan fingerprint density at radius 3 is 2.24 bits per heavy atom. The SMILES string of the molecule is Cc1ccc(N(CCN(C)C)CC(=O)O)cc1. The highest BCUT2D eigenvalue weighted by molar-refractivity contribution is 5.73. The van der Waals surface area contributed by atoms with Crippen LogP contribution in [0.3, 0.4) is 0 Å². The van der Waals surface area contributed by atoms with Crippen molar-refractivity contribution in [2.45, 2.75) is 6.92 Å². The molecular formula is C13H20N2O2. The summed E-state index contributed by atoms with van der Waals surface area (Å²) in [5, 5.41) is 8.91. The summed E-state index contributed by atoms with van der Waals surface area (Å²) in [6, 6.07) is 7.93. The molecule has 0 aliphatic carbocycles. The molecule has 4 heteroatoms. The zero-order valence-corrected chi connectivity index (χ0v) is 10.7. The minimum absolute atomic E-state index is 0.0386. The molecule has 0 saturated heterocycles. The van der Waals surface area contributed by atoms with E-state index in [1.165, 1.54) is 5.56 Å². The van der Waals surface area contributed by atoms with Crippen molar-refractivity contribution in [2.24, 2.45) is 0 Å². The van der Waals surface area contributed by atoms with Gasteiger partial charge >= 0.3 is 5.97 Å². The summed E-state index contributed by atoms with van der Waals surface area (Å²) in [5.74, 6) is -0.802. The molecule has 0 bridgehead atoms. The fourth-order valence-corrected chi connectivity index (χ4v) is 1.54. The minimum Gasteiger partial charge on any atom is -0.480 e. The van der Waals surface area contributed by atoms with Crippen LogP contribution in [0.25, 0.3) is 0 Å². The van der Waals surface area contributed by atoms with Gasteiger partial charge in [-0.1, -0.05) is 17.7 Å². The summed E-state index contributed by atoms with van der Waals surface area (Å²) < 4.78 is 0. The number of anilines is 1. The van der Waals surface area contributed by atoms with Crippen LogP contribution in [0.15, 0.2) is 24.3 Å². The summed E-state index contributed by atoms with van der Waals surface area (Å²) in [5.41, 5.74) is 2.14. The maximum absolute atomic E-state index is 10.8. The number of rotatable bonds is 6. The third-order valence-corrected chi connectivity index (χ3v) is 2.54. The van der Waals surface area contributed by atoms with Crippen molar-refractivity contribution in [3.05, 3.63) is 29.8 Å². The summed E-state index contributed by atoms with van der Waals surface area (Å²) in [6.07, 6.45) is 0. The first-order valence-electron chi connectivity index (χ1n) is 5.67. The van der Waals surface area contributed by atoms with Gasteiger partial charge in [0.1, 0.15) is 6.54 Å². The van der Waals surface area contributed by atoms with Crippen LogP contribution in [-0.4, -0.2) is 49.7 Å². The van der Waals surface area contributed by atoms with Gasteiger partial charge in [0.15, 0.2) is 0 Å². The molecule has 0 amide bonds. The van der Waals surface area contributed by atoms with Crippen molar-refractivity contribution in [3.63, 3.8) is 0 Å². The molecule has 94 valence electrons. The summed E-state index contributed by atoms with van der Waals surface area (Å²) in [4.78, 5) is 14.8. The predicted octanol–water partition coefficient (Wildman–Crippen LogP) is 1.45. The second-order valence-electron chi connectivity index (χ2n) is 4.45. The van der Waals surface area contributed by atoms with Gasteiger partial charge in [-0.3, -0.25) is 4.79 Å². The quantitative estimate of drug-likeness (QED) is 0.812. The molecule has 0 aromatic heterocycles. The number of likely N-dealkylation sites (N-methyl/N-ethyl adjacent to an activating group) is 1. The number of aliphatic carboxylic acids is 1. The van der Waals surface area contributed by atoms with E-state index in [-0.39, 0.29) is 6.54 Å². The highest BCUT2D eigenvalue weighted by Gasteiger charge is 2.10. The zero-order chi connectivity index (χ0) is 12.8. The Labute approximate surface area is 102 Å². The molecule has 0 unspecified atom stereocenters. The van der Waals surface area contributed by atoms with E-state index in [1.807, 2.05) is 55.1 Å². The molecule has 0 radical (unpaired) electrons. The minimum atomic E-state index is -0.802. The van der Waals surface area contributed by atoms with E-state index in [9.17, 15) is 4.79 Å². The van der Waals surface area contributed by atoms with Gasteiger partial charge in [-0.05, 0) is 33.2 Å². The first kappa shape index (κ1) is 13.5. The van der Waals surface area contributed by atoms with E-state index in [2.05, 4.69) is 0 Å². The Hall–Kier alpha value is -1.55. The Balaban J connectivity index is 2.74. The summed E-state index contributed by atoms with van der Waals surface area (Å²) in [6.45, 7) is 3.60. The summed E-state index contributed by atoms with van der Waals surface area (Å²) in [7, 11) is 3.96. The first-order valence-corrected chi connectivity index (χ1v) is 5.67. The van der Waals surface area contributed by atoms with E-state index >= 15 is 0 Å². The lowest BCUT2D eigenvalue weighted by Gasteiger charge is -2.24. The second kappa shape index (κ2) is 6.25. The van der Waals surface area contributed by atoms with Gasteiger partial charge in [-0.25, -0.2) is 0 Å². The average Bonchev–Trinajstić information content (AvgIpc) is 2.25. The fraction of sp³-hybridized carbons (Fsp3) is 0.462. The van der Waals surface area contributed by atoms with Crippen LogP contribution in [-0.2, 0) is 4.79 Å². The molecule has 0 saturated carbocycles. The van der Waals surface area contributed by atoms with Gasteiger partial charge in [-0.15, -0.1) is 0 Å². The van der Waals surface area contributed by atoms with E-state index in [1.54, 1.807) is 0 Å². The lowest BCUT2D eigenvalue weighted by atomic mass is 10.2. The number of nitrogens with zero attached hydrogens (tertiary/aromatic N) is 2. The van der Waals surface area contributed by atoms with Gasteiger partial charge in [0.2, 0.25) is 0 Å². The van der Waals surface area contributed by atoms with Gasteiger partial charge in [0, 0.05) is 18.8 Å². The predicted molar refractivity (Wildman–Crippen MR) is 69.6 cm³/mol. The van der Waals surface area contributed by atoms with Gasteiger partial charge in [-0.2, -0.15) is 0 Å². The largest absolute Gasteiger partial charge is 0.480 e. The van der Waals surface area contributed by atoms with Crippen molar-refractivity contribution in [2.75, 3.05) is 38.6 Å². The molecule has 4 nitrogen and oxygen atoms in total. The Bertz CT molecular complexity index is 360. The molecule has 17 heavy (non-hydrogen) atoms. The normalized spacial score (nSPS) is 10.6. The average molecular weight is 236 g/mol. The number of aryl methyl sites for hydroxylation is 1. The van der Waals surface area contributed by atoms with Crippen LogP contribution in [0.1, 0.15) is 5.56 Å². The highest BCUT2D eigenvalue weighted by Crippen LogP contribution is 2.14. The third-order valence-electron chi connectivity index (χ3n) is 2.54.